The maximum absolute atomic E-state index is 13.0. The fourth-order valence-electron chi connectivity index (χ4n) is 7.46. The number of unbranched alkanes of at least 4 members (excludes halogenated alkanes) is 7. The summed E-state index contributed by atoms with van der Waals surface area (Å²) in [6, 6.07) is 6.06. The molecule has 252 valence electrons. The van der Waals surface area contributed by atoms with Crippen LogP contribution in [0.2, 0.25) is 0 Å². The molecule has 1 aromatic rings. The standard InChI is InChI=1S/C36H53N5O4S/c42-26-9-8-19-38-20-16-29(17-21-38)40-24-22-39(23-25-40)18-7-5-3-1-2-4-6-10-27-46-33-13-11-12-30-31(33)28-41(36(30)45)32-14-15-34(43)37-35(32)44/h8-9,11-13,26,29,32H,1-7,10,14-25,27-28H2,(H,37,43,44)/b9-8+. The van der Waals surface area contributed by atoms with Gasteiger partial charge in [-0.3, -0.25) is 34.3 Å². The molecule has 1 unspecified atom stereocenters. The number of thioether (sulfide) groups is 1. The smallest absolute Gasteiger partial charge is 0.255 e. The molecule has 3 amide bonds. The van der Waals surface area contributed by atoms with E-state index in [9.17, 15) is 19.2 Å². The Morgan fingerprint density at radius 1 is 0.826 bits per heavy atom. The summed E-state index contributed by atoms with van der Waals surface area (Å²) in [5.74, 6) is 0.328. The first-order valence-corrected chi connectivity index (χ1v) is 18.7. The molecule has 0 bridgehead atoms. The van der Waals surface area contributed by atoms with Crippen LogP contribution in [0.5, 0.6) is 0 Å². The summed E-state index contributed by atoms with van der Waals surface area (Å²) < 4.78 is 0. The van der Waals surface area contributed by atoms with Gasteiger partial charge in [0.15, 0.2) is 0 Å². The van der Waals surface area contributed by atoms with E-state index in [1.165, 1.54) is 96.9 Å². The quantitative estimate of drug-likeness (QED) is 0.0866. The van der Waals surface area contributed by atoms with Gasteiger partial charge in [0.05, 0.1) is 0 Å². The number of nitrogens with zero attached hydrogens (tertiary/aromatic N) is 4. The summed E-state index contributed by atoms with van der Waals surface area (Å²) in [4.78, 5) is 58.0. The number of rotatable bonds is 17. The number of piperazine rings is 1. The maximum atomic E-state index is 13.0. The van der Waals surface area contributed by atoms with Gasteiger partial charge >= 0.3 is 0 Å². The second-order valence-electron chi connectivity index (χ2n) is 13.3. The third-order valence-electron chi connectivity index (χ3n) is 10.2. The number of likely N-dealkylation sites (tertiary alicyclic amines) is 1. The number of imide groups is 1. The van der Waals surface area contributed by atoms with Crippen LogP contribution in [-0.2, 0) is 20.9 Å². The lowest BCUT2D eigenvalue weighted by Crippen LogP contribution is -2.53. The first kappa shape index (κ1) is 34.8. The highest BCUT2D eigenvalue weighted by Crippen LogP contribution is 2.34. The van der Waals surface area contributed by atoms with E-state index in [4.69, 9.17) is 0 Å². The summed E-state index contributed by atoms with van der Waals surface area (Å²) in [6.07, 6.45) is 17.9. The monoisotopic (exact) mass is 651 g/mol. The van der Waals surface area contributed by atoms with Gasteiger partial charge < -0.3 is 9.80 Å². The highest BCUT2D eigenvalue weighted by atomic mass is 32.2. The third-order valence-corrected chi connectivity index (χ3v) is 11.4. The Labute approximate surface area is 279 Å². The number of hydrogen-bond donors (Lipinski definition) is 1. The topological polar surface area (TPSA) is 93.3 Å². The molecule has 0 spiro atoms. The molecule has 1 aromatic carbocycles. The lowest BCUT2D eigenvalue weighted by Gasteiger charge is -2.42. The lowest BCUT2D eigenvalue weighted by atomic mass is 10.0. The van der Waals surface area contributed by atoms with E-state index in [1.807, 2.05) is 30.0 Å². The second-order valence-corrected chi connectivity index (χ2v) is 14.5. The molecule has 10 heteroatoms. The number of allylic oxidation sites excluding steroid dienone is 1. The largest absolute Gasteiger partial charge is 0.322 e. The Balaban J connectivity index is 0.864. The average molecular weight is 652 g/mol. The van der Waals surface area contributed by atoms with Crippen molar-refractivity contribution in [3.8, 4) is 0 Å². The van der Waals surface area contributed by atoms with Gasteiger partial charge in [0.1, 0.15) is 12.3 Å². The number of carbonyl (C=O) groups is 4. The third kappa shape index (κ3) is 9.75. The first-order valence-electron chi connectivity index (χ1n) is 17.7. The van der Waals surface area contributed by atoms with E-state index in [-0.39, 0.29) is 24.1 Å². The highest BCUT2D eigenvalue weighted by Gasteiger charge is 2.39. The number of piperidine rings is 2. The van der Waals surface area contributed by atoms with Gasteiger partial charge in [-0.2, -0.15) is 0 Å². The van der Waals surface area contributed by atoms with Crippen LogP contribution in [0.15, 0.2) is 35.2 Å². The van der Waals surface area contributed by atoms with Crippen molar-refractivity contribution in [2.75, 3.05) is 58.1 Å². The van der Waals surface area contributed by atoms with E-state index in [0.717, 1.165) is 48.2 Å². The minimum Gasteiger partial charge on any atom is -0.322 e. The van der Waals surface area contributed by atoms with E-state index in [2.05, 4.69) is 26.1 Å². The van der Waals surface area contributed by atoms with Gasteiger partial charge in [0.25, 0.3) is 5.91 Å². The Hall–Kier alpha value is -2.53. The fraction of sp³-hybridized carbons (Fsp3) is 0.667. The van der Waals surface area contributed by atoms with Crippen molar-refractivity contribution >= 4 is 35.8 Å². The van der Waals surface area contributed by atoms with Gasteiger partial charge in [-0.1, -0.05) is 50.7 Å². The van der Waals surface area contributed by atoms with Crippen LogP contribution < -0.4 is 5.32 Å². The second kappa shape index (κ2) is 18.1. The van der Waals surface area contributed by atoms with Crippen LogP contribution in [0.4, 0.5) is 0 Å². The maximum Gasteiger partial charge on any atom is 0.255 e. The predicted molar refractivity (Wildman–Crippen MR) is 183 cm³/mol. The molecule has 3 fully saturated rings. The minimum absolute atomic E-state index is 0.0977. The molecule has 46 heavy (non-hydrogen) atoms. The van der Waals surface area contributed by atoms with Gasteiger partial charge in [-0.05, 0) is 81.3 Å². The Morgan fingerprint density at radius 2 is 1.54 bits per heavy atom. The number of benzene rings is 1. The van der Waals surface area contributed by atoms with Crippen molar-refractivity contribution in [1.82, 2.24) is 24.9 Å². The summed E-state index contributed by atoms with van der Waals surface area (Å²) >= 11 is 1.82. The zero-order chi connectivity index (χ0) is 32.1. The van der Waals surface area contributed by atoms with Gasteiger partial charge in [-0.15, -0.1) is 11.8 Å². The Morgan fingerprint density at radius 3 is 2.26 bits per heavy atom. The molecule has 0 radical (unpaired) electrons. The average Bonchev–Trinajstić information content (AvgIpc) is 3.41. The predicted octanol–water partition coefficient (Wildman–Crippen LogP) is 4.50. The lowest BCUT2D eigenvalue weighted by molar-refractivity contribution is -0.136. The van der Waals surface area contributed by atoms with Crippen molar-refractivity contribution in [3.05, 3.63) is 41.5 Å². The van der Waals surface area contributed by atoms with Crippen LogP contribution in [0.3, 0.4) is 0 Å². The number of fused-ring (bicyclic) bond motifs is 1. The van der Waals surface area contributed by atoms with E-state index >= 15 is 0 Å². The summed E-state index contributed by atoms with van der Waals surface area (Å²) in [5, 5.41) is 2.38. The van der Waals surface area contributed by atoms with E-state index in [1.54, 1.807) is 11.0 Å². The Kier molecular flexibility index (Phi) is 13.7. The van der Waals surface area contributed by atoms with Gasteiger partial charge in [0, 0.05) is 62.2 Å². The normalized spacial score (nSPS) is 22.1. The molecule has 0 saturated carbocycles. The van der Waals surface area contributed by atoms with Crippen molar-refractivity contribution in [2.45, 2.75) is 101 Å². The molecule has 1 atom stereocenters. The van der Waals surface area contributed by atoms with Crippen molar-refractivity contribution in [3.63, 3.8) is 0 Å². The van der Waals surface area contributed by atoms with Crippen molar-refractivity contribution < 1.29 is 19.2 Å². The van der Waals surface area contributed by atoms with Crippen LogP contribution in [0.1, 0.15) is 93.0 Å². The van der Waals surface area contributed by atoms with Crippen LogP contribution in [-0.4, -0.2) is 114 Å². The highest BCUT2D eigenvalue weighted by molar-refractivity contribution is 7.99. The number of hydrogen-bond acceptors (Lipinski definition) is 8. The summed E-state index contributed by atoms with van der Waals surface area (Å²) in [6.45, 7) is 9.70. The van der Waals surface area contributed by atoms with E-state index < -0.39 is 6.04 Å². The van der Waals surface area contributed by atoms with Gasteiger partial charge in [-0.25, -0.2) is 0 Å². The number of amides is 3. The number of nitrogens with one attached hydrogen (secondary N) is 1. The molecule has 1 N–H and O–H groups in total. The van der Waals surface area contributed by atoms with E-state index in [0.29, 0.717) is 18.5 Å². The SMILES string of the molecule is O=C/C=C/CN1CCC(N2CCN(CCCCCCCCCCSc3cccc4c3CN(C3CCC(=O)NC3=O)C4=O)CC2)CC1. The number of aldehydes is 1. The minimum atomic E-state index is -0.560. The molecule has 4 aliphatic rings. The molecular formula is C36H53N5O4S. The fourth-order valence-corrected chi connectivity index (χ4v) is 8.55. The first-order chi connectivity index (χ1) is 22.5. The molecular weight excluding hydrogens is 598 g/mol. The van der Waals surface area contributed by atoms with Crippen LogP contribution in [0.25, 0.3) is 0 Å². The summed E-state index contributed by atoms with van der Waals surface area (Å²) in [7, 11) is 0. The van der Waals surface area contributed by atoms with Crippen molar-refractivity contribution in [1.29, 1.82) is 0 Å². The van der Waals surface area contributed by atoms with Gasteiger partial charge in [0.2, 0.25) is 11.8 Å². The number of carbonyl (C=O) groups excluding carboxylic acids is 4. The zero-order valence-electron chi connectivity index (χ0n) is 27.5. The van der Waals surface area contributed by atoms with Crippen LogP contribution in [0, 0.1) is 0 Å². The molecule has 3 saturated heterocycles. The molecule has 4 heterocycles. The molecule has 0 aromatic heterocycles. The molecule has 4 aliphatic heterocycles. The van der Waals surface area contributed by atoms with Crippen molar-refractivity contribution in [2.24, 2.45) is 0 Å². The summed E-state index contributed by atoms with van der Waals surface area (Å²) in [5.41, 5.74) is 1.73. The Bertz CT molecular complexity index is 1210. The zero-order valence-corrected chi connectivity index (χ0v) is 28.3. The molecule has 9 nitrogen and oxygen atoms in total. The molecule has 5 rings (SSSR count). The van der Waals surface area contributed by atoms with Crippen LogP contribution >= 0.6 is 11.8 Å². The molecule has 0 aliphatic carbocycles.